The topological polar surface area (TPSA) is 55.0 Å². The van der Waals surface area contributed by atoms with Crippen molar-refractivity contribution in [1.82, 2.24) is 9.97 Å². The molecule has 0 aliphatic carbocycles. The summed E-state index contributed by atoms with van der Waals surface area (Å²) in [4.78, 5) is 9.30. The molecule has 1 rings (SSSR count). The summed E-state index contributed by atoms with van der Waals surface area (Å²) in [6, 6.07) is 0. The molecular weight excluding hydrogens is 183 g/mol. The quantitative estimate of drug-likeness (QED) is 0.718. The lowest BCUT2D eigenvalue weighted by Crippen LogP contribution is -2.25. The van der Waals surface area contributed by atoms with Gasteiger partial charge < -0.3 is 10.6 Å². The number of nitrogens with two attached hydrogens (primary N) is 1. The van der Waals surface area contributed by atoms with Gasteiger partial charge in [0.25, 0.3) is 0 Å². The molecule has 1 heterocycles. The van der Waals surface area contributed by atoms with Crippen molar-refractivity contribution in [2.45, 2.75) is 6.92 Å². The lowest BCUT2D eigenvalue weighted by molar-refractivity contribution is 0.618. The van der Waals surface area contributed by atoms with Gasteiger partial charge in [-0.3, -0.25) is 0 Å². The van der Waals surface area contributed by atoms with Crippen LogP contribution in [0.4, 0.5) is 16.2 Å². The molecule has 0 atom stereocenters. The molecule has 0 fully saturated rings. The zero-order chi connectivity index (χ0) is 10.6. The Labute approximate surface area is 82.0 Å². The molecule has 74 valence electrons. The molecule has 0 aromatic carbocycles. The maximum absolute atomic E-state index is 12.7. The molecule has 5 heteroatoms. The number of terminal acetylenes is 1. The minimum atomic E-state index is -0.620. The van der Waals surface area contributed by atoms with Gasteiger partial charge in [0.05, 0.1) is 12.7 Å². The zero-order valence-corrected chi connectivity index (χ0v) is 7.87. The highest BCUT2D eigenvalue weighted by molar-refractivity contribution is 5.39. The summed E-state index contributed by atoms with van der Waals surface area (Å²) in [6.07, 6.45) is 6.20. The predicted octanol–water partition coefficient (Wildman–Crippen LogP) is 0.657. The van der Waals surface area contributed by atoms with Gasteiger partial charge in [-0.2, -0.15) is 4.98 Å². The predicted molar refractivity (Wildman–Crippen MR) is 53.1 cm³/mol. The average molecular weight is 194 g/mol. The Balaban J connectivity index is 2.95. The number of hydrogen-bond acceptors (Lipinski definition) is 4. The van der Waals surface area contributed by atoms with Crippen LogP contribution in [0.3, 0.4) is 0 Å². The summed E-state index contributed by atoms with van der Waals surface area (Å²) in [7, 11) is 0. The van der Waals surface area contributed by atoms with Crippen LogP contribution in [0.5, 0.6) is 0 Å². The van der Waals surface area contributed by atoms with Crippen LogP contribution in [0.1, 0.15) is 6.92 Å². The van der Waals surface area contributed by atoms with E-state index < -0.39 is 5.82 Å². The smallest absolute Gasteiger partial charge is 0.228 e. The standard InChI is InChI=1S/C9H11FN4/c1-3-5-14(4-2)9-12-6-7(10)8(11)13-9/h1,6H,4-5H2,2H3,(H2,11,12,13). The van der Waals surface area contributed by atoms with Gasteiger partial charge in [0, 0.05) is 6.54 Å². The van der Waals surface area contributed by atoms with Gasteiger partial charge in [-0.05, 0) is 6.92 Å². The van der Waals surface area contributed by atoms with Crippen LogP contribution in [0.25, 0.3) is 0 Å². The van der Waals surface area contributed by atoms with Gasteiger partial charge in [-0.15, -0.1) is 6.42 Å². The van der Waals surface area contributed by atoms with Crippen LogP contribution in [-0.2, 0) is 0 Å². The van der Waals surface area contributed by atoms with E-state index in [0.29, 0.717) is 19.0 Å². The second-order valence-corrected chi connectivity index (χ2v) is 2.62. The lowest BCUT2D eigenvalue weighted by Gasteiger charge is -2.17. The van der Waals surface area contributed by atoms with E-state index in [0.717, 1.165) is 6.20 Å². The summed E-state index contributed by atoms with van der Waals surface area (Å²) in [6.45, 7) is 2.93. The molecule has 0 aliphatic rings. The van der Waals surface area contributed by atoms with Gasteiger partial charge in [-0.25, -0.2) is 9.37 Å². The Bertz CT molecular complexity index is 358. The maximum atomic E-state index is 12.7. The van der Waals surface area contributed by atoms with E-state index in [9.17, 15) is 4.39 Å². The summed E-state index contributed by atoms with van der Waals surface area (Å²) in [5.41, 5.74) is 5.30. The third kappa shape index (κ3) is 2.10. The van der Waals surface area contributed by atoms with E-state index in [1.54, 1.807) is 4.90 Å². The van der Waals surface area contributed by atoms with Crippen LogP contribution in [0.15, 0.2) is 6.20 Å². The number of nitrogens with zero attached hydrogens (tertiary/aromatic N) is 3. The molecule has 1 aromatic heterocycles. The molecule has 0 radical (unpaired) electrons. The number of nitrogen functional groups attached to an aromatic ring is 1. The first kappa shape index (κ1) is 10.3. The highest BCUT2D eigenvalue weighted by Crippen LogP contribution is 2.11. The largest absolute Gasteiger partial charge is 0.381 e. The maximum Gasteiger partial charge on any atom is 0.228 e. The Morgan fingerprint density at radius 2 is 2.43 bits per heavy atom. The number of halogens is 1. The molecule has 2 N–H and O–H groups in total. The minimum absolute atomic E-state index is 0.162. The summed E-state index contributed by atoms with van der Waals surface area (Å²) in [5, 5.41) is 0. The first-order valence-corrected chi connectivity index (χ1v) is 4.15. The van der Waals surface area contributed by atoms with Crippen molar-refractivity contribution >= 4 is 11.8 Å². The zero-order valence-electron chi connectivity index (χ0n) is 7.87. The van der Waals surface area contributed by atoms with Crippen LogP contribution < -0.4 is 10.6 Å². The van der Waals surface area contributed by atoms with Crippen molar-refractivity contribution < 1.29 is 4.39 Å². The fourth-order valence-electron chi connectivity index (χ4n) is 0.957. The minimum Gasteiger partial charge on any atom is -0.381 e. The SMILES string of the molecule is C#CCN(CC)c1ncc(F)c(N)n1. The second kappa shape index (κ2) is 4.42. The van der Waals surface area contributed by atoms with Crippen LogP contribution in [0.2, 0.25) is 0 Å². The van der Waals surface area contributed by atoms with Gasteiger partial charge in [0.2, 0.25) is 5.95 Å². The molecule has 4 nitrogen and oxygen atoms in total. The van der Waals surface area contributed by atoms with E-state index in [-0.39, 0.29) is 5.82 Å². The fourth-order valence-corrected chi connectivity index (χ4v) is 0.957. The van der Waals surface area contributed by atoms with Crippen molar-refractivity contribution in [3.05, 3.63) is 12.0 Å². The van der Waals surface area contributed by atoms with Crippen LogP contribution in [-0.4, -0.2) is 23.1 Å². The van der Waals surface area contributed by atoms with Crippen molar-refractivity contribution in [2.24, 2.45) is 0 Å². The lowest BCUT2D eigenvalue weighted by atomic mass is 10.5. The van der Waals surface area contributed by atoms with Crippen LogP contribution >= 0.6 is 0 Å². The Hall–Kier alpha value is -1.83. The Kier molecular flexibility index (Phi) is 3.24. The number of rotatable bonds is 3. The van der Waals surface area contributed by atoms with Crippen molar-refractivity contribution in [3.63, 3.8) is 0 Å². The van der Waals surface area contributed by atoms with Gasteiger partial charge >= 0.3 is 0 Å². The molecule has 0 unspecified atom stereocenters. The van der Waals surface area contributed by atoms with E-state index in [4.69, 9.17) is 12.2 Å². The molecule has 0 saturated heterocycles. The molecule has 0 saturated carbocycles. The number of hydrogen-bond donors (Lipinski definition) is 1. The normalized spacial score (nSPS) is 9.50. The highest BCUT2D eigenvalue weighted by atomic mass is 19.1. The van der Waals surface area contributed by atoms with Gasteiger partial charge in [-0.1, -0.05) is 5.92 Å². The average Bonchev–Trinajstić information content (AvgIpc) is 2.19. The van der Waals surface area contributed by atoms with E-state index in [2.05, 4.69) is 15.9 Å². The molecule has 14 heavy (non-hydrogen) atoms. The monoisotopic (exact) mass is 194 g/mol. The van der Waals surface area contributed by atoms with Gasteiger partial charge in [0.15, 0.2) is 11.6 Å². The second-order valence-electron chi connectivity index (χ2n) is 2.62. The molecule has 0 amide bonds. The third-order valence-corrected chi connectivity index (χ3v) is 1.71. The summed E-state index contributed by atoms with van der Waals surface area (Å²) >= 11 is 0. The summed E-state index contributed by atoms with van der Waals surface area (Å²) < 4.78 is 12.7. The molecular formula is C9H11FN4. The Morgan fingerprint density at radius 3 is 2.93 bits per heavy atom. The van der Waals surface area contributed by atoms with Crippen molar-refractivity contribution in [3.8, 4) is 12.3 Å². The molecule has 1 aromatic rings. The first-order valence-electron chi connectivity index (χ1n) is 4.15. The number of aromatic nitrogens is 2. The van der Waals surface area contributed by atoms with E-state index >= 15 is 0 Å². The van der Waals surface area contributed by atoms with E-state index in [1.165, 1.54) is 0 Å². The first-order chi connectivity index (χ1) is 6.69. The summed E-state index contributed by atoms with van der Waals surface area (Å²) in [5.74, 6) is 2.03. The highest BCUT2D eigenvalue weighted by Gasteiger charge is 2.08. The number of anilines is 2. The van der Waals surface area contributed by atoms with Gasteiger partial charge in [0.1, 0.15) is 0 Å². The third-order valence-electron chi connectivity index (χ3n) is 1.71. The molecule has 0 bridgehead atoms. The van der Waals surface area contributed by atoms with Crippen molar-refractivity contribution in [2.75, 3.05) is 23.7 Å². The Morgan fingerprint density at radius 1 is 1.71 bits per heavy atom. The van der Waals surface area contributed by atoms with E-state index in [1.807, 2.05) is 6.92 Å². The molecule has 0 aliphatic heterocycles. The fraction of sp³-hybridized carbons (Fsp3) is 0.333. The van der Waals surface area contributed by atoms with Crippen molar-refractivity contribution in [1.29, 1.82) is 0 Å². The molecule has 0 spiro atoms. The van der Waals surface area contributed by atoms with Crippen LogP contribution in [0, 0.1) is 18.2 Å².